The van der Waals surface area contributed by atoms with Gasteiger partial charge in [0.05, 0.1) is 0 Å². The summed E-state index contributed by atoms with van der Waals surface area (Å²) in [7, 11) is 0. The van der Waals surface area contributed by atoms with Gasteiger partial charge in [0.15, 0.2) is 0 Å². The van der Waals surface area contributed by atoms with Crippen molar-refractivity contribution in [3.8, 4) is 22.6 Å². The van der Waals surface area contributed by atoms with Gasteiger partial charge in [-0.1, -0.05) is 98.6 Å². The summed E-state index contributed by atoms with van der Waals surface area (Å²) in [4.78, 5) is 1.56. The van der Waals surface area contributed by atoms with Crippen LogP contribution in [0.5, 0.6) is 5.75 Å². The average molecular weight is 462 g/mol. The Balaban J connectivity index is 1.62. The van der Waals surface area contributed by atoms with E-state index in [0.717, 1.165) is 34.1 Å². The normalized spacial score (nSPS) is 11.8. The molecule has 4 heteroatoms. The molecule has 0 radical (unpaired) electrons. The van der Waals surface area contributed by atoms with Gasteiger partial charge < -0.3 is 5.11 Å². The van der Waals surface area contributed by atoms with Crippen molar-refractivity contribution in [2.45, 2.75) is 46.5 Å². The summed E-state index contributed by atoms with van der Waals surface area (Å²) >= 11 is 0. The highest BCUT2D eigenvalue weighted by Gasteiger charge is 2.22. The van der Waals surface area contributed by atoms with Crippen LogP contribution in [0.1, 0.15) is 48.6 Å². The van der Waals surface area contributed by atoms with E-state index in [1.807, 2.05) is 30.3 Å². The molecule has 1 N–H and O–H groups in total. The monoisotopic (exact) mass is 461 g/mol. The maximum Gasteiger partial charge on any atom is 0.146 e. The predicted octanol–water partition coefficient (Wildman–Crippen LogP) is 7.30. The molecule has 35 heavy (non-hydrogen) atoms. The zero-order valence-electron chi connectivity index (χ0n) is 21.0. The van der Waals surface area contributed by atoms with Gasteiger partial charge in [0.2, 0.25) is 0 Å². The molecular formula is C31H31N3O. The number of hydrogen-bond donors (Lipinski definition) is 1. The van der Waals surface area contributed by atoms with Crippen molar-refractivity contribution in [1.82, 2.24) is 15.0 Å². The zero-order chi connectivity index (χ0) is 24.7. The van der Waals surface area contributed by atoms with Gasteiger partial charge in [-0.15, -0.1) is 15.0 Å². The number of benzene rings is 4. The first-order chi connectivity index (χ1) is 16.7. The number of fused-ring (bicyclic) bond motifs is 1. The number of nitrogens with zero attached hydrogens (tertiary/aromatic N) is 3. The third-order valence-electron chi connectivity index (χ3n) is 6.43. The van der Waals surface area contributed by atoms with Crippen LogP contribution in [-0.4, -0.2) is 20.1 Å². The highest BCUT2D eigenvalue weighted by molar-refractivity contribution is 5.92. The molecule has 0 fully saturated rings. The third kappa shape index (κ3) is 4.44. The summed E-state index contributed by atoms with van der Waals surface area (Å²) in [5, 5.41) is 20.6. The first-order valence-electron chi connectivity index (χ1n) is 12.0. The first-order valence-corrected chi connectivity index (χ1v) is 12.0. The van der Waals surface area contributed by atoms with E-state index in [2.05, 4.69) is 83.1 Å². The minimum atomic E-state index is -0.190. The Hall–Kier alpha value is -3.92. The lowest BCUT2D eigenvalue weighted by Crippen LogP contribution is -2.12. The first kappa shape index (κ1) is 22.9. The fraction of sp³-hybridized carbons (Fsp3) is 0.226. The topological polar surface area (TPSA) is 50.9 Å². The van der Waals surface area contributed by atoms with Gasteiger partial charge in [-0.05, 0) is 54.5 Å². The predicted molar refractivity (Wildman–Crippen MR) is 143 cm³/mol. The van der Waals surface area contributed by atoms with Gasteiger partial charge in [0, 0.05) is 11.1 Å². The molecule has 0 unspecified atom stereocenters. The van der Waals surface area contributed by atoms with Crippen LogP contribution < -0.4 is 0 Å². The molecule has 0 spiro atoms. The minimum Gasteiger partial charge on any atom is -0.505 e. The van der Waals surface area contributed by atoms with Crippen LogP contribution in [-0.2, 0) is 11.8 Å². The lowest BCUT2D eigenvalue weighted by molar-refractivity contribution is 0.440. The van der Waals surface area contributed by atoms with Gasteiger partial charge in [-0.25, -0.2) is 0 Å². The van der Waals surface area contributed by atoms with Crippen molar-refractivity contribution in [2.75, 3.05) is 0 Å². The standard InChI is InChI=1S/C31H31N3O/c1-20-16-21(2)18-22(17-20)19-23-10-6-7-11-24(23)25-12-8-14-27-29(25)33-34(32-27)28-15-9-13-26(30(28)35)31(3,4)5/h6-18,35H,19H2,1-5H3. The highest BCUT2D eigenvalue weighted by Crippen LogP contribution is 2.36. The van der Waals surface area contributed by atoms with Gasteiger partial charge in [-0.3, -0.25) is 0 Å². The Morgan fingerprint density at radius 2 is 1.46 bits per heavy atom. The van der Waals surface area contributed by atoms with Crippen LogP contribution in [0.2, 0.25) is 0 Å². The summed E-state index contributed by atoms with van der Waals surface area (Å²) in [5.41, 5.74) is 10.2. The number of aromatic hydroxyl groups is 1. The number of rotatable bonds is 4. The summed E-state index contributed by atoms with van der Waals surface area (Å²) < 4.78 is 0. The number of aromatic nitrogens is 3. The Morgan fingerprint density at radius 3 is 2.20 bits per heavy atom. The Morgan fingerprint density at radius 1 is 0.771 bits per heavy atom. The molecule has 0 aliphatic heterocycles. The summed E-state index contributed by atoms with van der Waals surface area (Å²) in [5.74, 6) is 0.220. The van der Waals surface area contributed by atoms with Crippen LogP contribution in [0.4, 0.5) is 0 Å². The van der Waals surface area contributed by atoms with Crippen molar-refractivity contribution in [2.24, 2.45) is 0 Å². The third-order valence-corrected chi connectivity index (χ3v) is 6.43. The van der Waals surface area contributed by atoms with Gasteiger partial charge in [-0.2, -0.15) is 0 Å². The van der Waals surface area contributed by atoms with E-state index in [0.29, 0.717) is 5.69 Å². The van der Waals surface area contributed by atoms with E-state index in [1.54, 1.807) is 4.80 Å². The Kier molecular flexibility index (Phi) is 5.68. The molecule has 4 aromatic carbocycles. The van der Waals surface area contributed by atoms with Gasteiger partial charge >= 0.3 is 0 Å². The number of para-hydroxylation sites is 1. The molecule has 0 aliphatic rings. The van der Waals surface area contributed by atoms with Crippen LogP contribution >= 0.6 is 0 Å². The molecule has 5 rings (SSSR count). The second-order valence-corrected chi connectivity index (χ2v) is 10.4. The SMILES string of the molecule is Cc1cc(C)cc(Cc2ccccc2-c2cccc3nn(-c4cccc(C(C)(C)C)c4O)nc23)c1. The van der Waals surface area contributed by atoms with E-state index in [-0.39, 0.29) is 11.2 Å². The van der Waals surface area contributed by atoms with Gasteiger partial charge in [0.25, 0.3) is 0 Å². The second kappa shape index (κ2) is 8.70. The highest BCUT2D eigenvalue weighted by atomic mass is 16.3. The van der Waals surface area contributed by atoms with Crippen molar-refractivity contribution in [3.63, 3.8) is 0 Å². The van der Waals surface area contributed by atoms with E-state index >= 15 is 0 Å². The Labute approximate surface area is 206 Å². The average Bonchev–Trinajstić information content (AvgIpc) is 3.22. The maximum atomic E-state index is 11.0. The number of hydrogen-bond acceptors (Lipinski definition) is 3. The molecule has 176 valence electrons. The van der Waals surface area contributed by atoms with Crippen molar-refractivity contribution in [1.29, 1.82) is 0 Å². The second-order valence-electron chi connectivity index (χ2n) is 10.4. The fourth-order valence-corrected chi connectivity index (χ4v) is 4.89. The molecule has 0 saturated heterocycles. The maximum absolute atomic E-state index is 11.0. The molecule has 0 bridgehead atoms. The van der Waals surface area contributed by atoms with Crippen molar-refractivity contribution in [3.05, 3.63) is 107 Å². The molecule has 0 atom stereocenters. The summed E-state index contributed by atoms with van der Waals surface area (Å²) in [6.07, 6.45) is 0.845. The van der Waals surface area contributed by atoms with Crippen LogP contribution in [0.25, 0.3) is 27.8 Å². The van der Waals surface area contributed by atoms with E-state index < -0.39 is 0 Å². The fourth-order valence-electron chi connectivity index (χ4n) is 4.89. The lowest BCUT2D eigenvalue weighted by Gasteiger charge is -2.21. The van der Waals surface area contributed by atoms with E-state index in [4.69, 9.17) is 10.2 Å². The van der Waals surface area contributed by atoms with Crippen molar-refractivity contribution < 1.29 is 5.11 Å². The van der Waals surface area contributed by atoms with Crippen LogP contribution in [0.3, 0.4) is 0 Å². The molecule has 4 nitrogen and oxygen atoms in total. The molecule has 1 aromatic heterocycles. The largest absolute Gasteiger partial charge is 0.505 e. The molecule has 0 amide bonds. The molecular weight excluding hydrogens is 430 g/mol. The molecule has 0 aliphatic carbocycles. The van der Waals surface area contributed by atoms with Crippen LogP contribution in [0.15, 0.2) is 78.9 Å². The molecule has 5 aromatic rings. The quantitative estimate of drug-likeness (QED) is 0.305. The van der Waals surface area contributed by atoms with Crippen molar-refractivity contribution >= 4 is 11.0 Å². The lowest BCUT2D eigenvalue weighted by atomic mass is 9.86. The Bertz CT molecular complexity index is 1520. The summed E-state index contributed by atoms with van der Waals surface area (Å²) in [6, 6.07) is 27.1. The molecule has 0 saturated carbocycles. The summed E-state index contributed by atoms with van der Waals surface area (Å²) in [6.45, 7) is 10.5. The van der Waals surface area contributed by atoms with E-state index in [9.17, 15) is 5.11 Å². The minimum absolute atomic E-state index is 0.190. The van der Waals surface area contributed by atoms with Crippen LogP contribution in [0, 0.1) is 13.8 Å². The molecule has 1 heterocycles. The number of phenolic OH excluding ortho intramolecular Hbond substituents is 1. The number of aryl methyl sites for hydroxylation is 2. The number of phenols is 1. The smallest absolute Gasteiger partial charge is 0.146 e. The van der Waals surface area contributed by atoms with E-state index in [1.165, 1.54) is 22.3 Å². The zero-order valence-corrected chi connectivity index (χ0v) is 21.0. The van der Waals surface area contributed by atoms with Gasteiger partial charge in [0.1, 0.15) is 22.5 Å².